The third-order valence-corrected chi connectivity index (χ3v) is 5.23. The number of benzene rings is 2. The fourth-order valence-electron chi connectivity index (χ4n) is 3.49. The molecule has 0 atom stereocenters. The van der Waals surface area contributed by atoms with E-state index in [0.29, 0.717) is 22.0 Å². The number of nitrogens with zero attached hydrogens (tertiary/aromatic N) is 1. The lowest BCUT2D eigenvalue weighted by Crippen LogP contribution is -2.25. The van der Waals surface area contributed by atoms with Crippen molar-refractivity contribution >= 4 is 34.5 Å². The number of aromatic nitrogens is 1. The minimum atomic E-state index is -0.665. The van der Waals surface area contributed by atoms with Crippen molar-refractivity contribution < 1.29 is 9.59 Å². The second kappa shape index (κ2) is 7.57. The summed E-state index contributed by atoms with van der Waals surface area (Å²) in [4.78, 5) is 26.2. The standard InChI is InChI=1S/C24H19ClN2O2/c1-15-6-5-7-16(2)21(15)26-24(29)23(28)22-20(17-9-11-18(25)12-10-17)14-19-8-3-4-13-27(19)22/h3-14H,1-2H3,(H,26,29). The average Bonchev–Trinajstić information content (AvgIpc) is 3.10. The molecule has 0 saturated heterocycles. The second-order valence-electron chi connectivity index (χ2n) is 6.96. The molecular formula is C24H19ClN2O2. The molecule has 0 radical (unpaired) electrons. The van der Waals surface area contributed by atoms with Crippen molar-refractivity contribution in [3.63, 3.8) is 0 Å². The van der Waals surface area contributed by atoms with Crippen LogP contribution in [0.4, 0.5) is 5.69 Å². The van der Waals surface area contributed by atoms with Crippen LogP contribution in [0.3, 0.4) is 0 Å². The van der Waals surface area contributed by atoms with E-state index in [0.717, 1.165) is 22.2 Å². The number of carbonyl (C=O) groups is 2. The van der Waals surface area contributed by atoms with Gasteiger partial charge in [0.15, 0.2) is 0 Å². The summed E-state index contributed by atoms with van der Waals surface area (Å²) in [7, 11) is 0. The number of rotatable bonds is 4. The first kappa shape index (κ1) is 19.0. The summed E-state index contributed by atoms with van der Waals surface area (Å²) in [6.07, 6.45) is 1.79. The predicted molar refractivity (Wildman–Crippen MR) is 117 cm³/mol. The first-order valence-electron chi connectivity index (χ1n) is 9.23. The van der Waals surface area contributed by atoms with Crippen molar-refractivity contribution in [1.82, 2.24) is 4.40 Å². The van der Waals surface area contributed by atoms with Gasteiger partial charge in [0.05, 0.1) is 0 Å². The number of aryl methyl sites for hydroxylation is 2. The molecule has 0 fully saturated rings. The zero-order valence-electron chi connectivity index (χ0n) is 16.1. The number of pyridine rings is 1. The van der Waals surface area contributed by atoms with Gasteiger partial charge in [0.1, 0.15) is 5.69 Å². The SMILES string of the molecule is Cc1cccc(C)c1NC(=O)C(=O)c1c(-c2ccc(Cl)cc2)cc2ccccn12. The maximum atomic E-state index is 13.2. The summed E-state index contributed by atoms with van der Waals surface area (Å²) in [5.74, 6) is -1.26. The number of fused-ring (bicyclic) bond motifs is 1. The van der Waals surface area contributed by atoms with E-state index in [1.54, 1.807) is 22.7 Å². The molecular weight excluding hydrogens is 384 g/mol. The molecule has 2 heterocycles. The Kier molecular flexibility index (Phi) is 4.95. The van der Waals surface area contributed by atoms with Gasteiger partial charge in [0.25, 0.3) is 11.7 Å². The van der Waals surface area contributed by atoms with Crippen LogP contribution in [0.25, 0.3) is 16.6 Å². The summed E-state index contributed by atoms with van der Waals surface area (Å²) >= 11 is 6.01. The van der Waals surface area contributed by atoms with E-state index >= 15 is 0 Å². The molecule has 1 N–H and O–H groups in total. The lowest BCUT2D eigenvalue weighted by Gasteiger charge is -2.12. The summed E-state index contributed by atoms with van der Waals surface area (Å²) in [5.41, 5.74) is 5.15. The highest BCUT2D eigenvalue weighted by molar-refractivity contribution is 6.47. The molecule has 4 rings (SSSR count). The Morgan fingerprint density at radius 3 is 2.28 bits per heavy atom. The van der Waals surface area contributed by atoms with Crippen LogP contribution in [0, 0.1) is 13.8 Å². The van der Waals surface area contributed by atoms with E-state index < -0.39 is 11.7 Å². The van der Waals surface area contributed by atoms with Gasteiger partial charge in [-0.05, 0) is 60.9 Å². The van der Waals surface area contributed by atoms with E-state index in [9.17, 15) is 9.59 Å². The number of hydrogen-bond donors (Lipinski definition) is 1. The number of anilines is 1. The third kappa shape index (κ3) is 3.55. The van der Waals surface area contributed by atoms with Gasteiger partial charge in [0, 0.05) is 28.0 Å². The summed E-state index contributed by atoms with van der Waals surface area (Å²) < 4.78 is 1.75. The van der Waals surface area contributed by atoms with Gasteiger partial charge in [-0.25, -0.2) is 0 Å². The number of carbonyl (C=O) groups excluding carboxylic acids is 2. The lowest BCUT2D eigenvalue weighted by molar-refractivity contribution is -0.112. The van der Waals surface area contributed by atoms with Crippen LogP contribution in [0.1, 0.15) is 21.6 Å². The van der Waals surface area contributed by atoms with Gasteiger partial charge >= 0.3 is 0 Å². The third-order valence-electron chi connectivity index (χ3n) is 4.98. The maximum Gasteiger partial charge on any atom is 0.298 e. The van der Waals surface area contributed by atoms with E-state index in [2.05, 4.69) is 5.32 Å². The van der Waals surface area contributed by atoms with Crippen LogP contribution >= 0.6 is 11.6 Å². The highest BCUT2D eigenvalue weighted by atomic mass is 35.5. The number of amides is 1. The van der Waals surface area contributed by atoms with Crippen molar-refractivity contribution in [2.75, 3.05) is 5.32 Å². The van der Waals surface area contributed by atoms with Crippen LogP contribution in [-0.2, 0) is 4.79 Å². The minimum absolute atomic E-state index is 0.326. The van der Waals surface area contributed by atoms with Gasteiger partial charge in [-0.1, -0.05) is 48.0 Å². The number of nitrogens with one attached hydrogen (secondary N) is 1. The predicted octanol–water partition coefficient (Wildman–Crippen LogP) is 5.70. The van der Waals surface area contributed by atoms with Crippen molar-refractivity contribution in [1.29, 1.82) is 0 Å². The van der Waals surface area contributed by atoms with Crippen LogP contribution in [-0.4, -0.2) is 16.1 Å². The highest BCUT2D eigenvalue weighted by Crippen LogP contribution is 2.30. The van der Waals surface area contributed by atoms with Crippen molar-refractivity contribution in [2.45, 2.75) is 13.8 Å². The fourth-order valence-corrected chi connectivity index (χ4v) is 3.62. The van der Waals surface area contributed by atoms with Gasteiger partial charge in [-0.2, -0.15) is 0 Å². The Balaban J connectivity index is 1.80. The average molecular weight is 403 g/mol. The second-order valence-corrected chi connectivity index (χ2v) is 7.40. The Morgan fingerprint density at radius 1 is 0.897 bits per heavy atom. The molecule has 0 aliphatic carbocycles. The fraction of sp³-hybridized carbons (Fsp3) is 0.0833. The maximum absolute atomic E-state index is 13.2. The smallest absolute Gasteiger partial charge is 0.298 e. The largest absolute Gasteiger partial charge is 0.319 e. The number of Topliss-reactive ketones (excluding diaryl/α,β-unsaturated/α-hetero) is 1. The van der Waals surface area contributed by atoms with Crippen molar-refractivity contribution in [3.8, 4) is 11.1 Å². The van der Waals surface area contributed by atoms with E-state index in [1.807, 2.05) is 68.4 Å². The zero-order valence-corrected chi connectivity index (χ0v) is 16.8. The van der Waals surface area contributed by atoms with Crippen LogP contribution in [0.15, 0.2) is 72.9 Å². The molecule has 4 aromatic rings. The first-order valence-corrected chi connectivity index (χ1v) is 9.61. The molecule has 4 nitrogen and oxygen atoms in total. The molecule has 5 heteroatoms. The van der Waals surface area contributed by atoms with Crippen LogP contribution in [0.5, 0.6) is 0 Å². The van der Waals surface area contributed by atoms with Crippen LogP contribution in [0.2, 0.25) is 5.02 Å². The molecule has 144 valence electrons. The van der Waals surface area contributed by atoms with Gasteiger partial charge in [0.2, 0.25) is 0 Å². The van der Waals surface area contributed by atoms with Crippen molar-refractivity contribution in [3.05, 3.63) is 94.8 Å². The lowest BCUT2D eigenvalue weighted by atomic mass is 10.0. The minimum Gasteiger partial charge on any atom is -0.319 e. The normalized spacial score (nSPS) is 10.9. The molecule has 0 unspecified atom stereocenters. The molecule has 0 bridgehead atoms. The zero-order chi connectivity index (χ0) is 20.5. The Morgan fingerprint density at radius 2 is 1.59 bits per heavy atom. The monoisotopic (exact) mass is 402 g/mol. The van der Waals surface area contributed by atoms with Gasteiger partial charge in [-0.15, -0.1) is 0 Å². The number of hydrogen-bond acceptors (Lipinski definition) is 2. The van der Waals surface area contributed by atoms with Gasteiger partial charge in [-0.3, -0.25) is 9.59 Å². The number of ketones is 1. The number of halogens is 1. The Bertz CT molecular complexity index is 1220. The molecule has 0 aliphatic heterocycles. The van der Waals surface area contributed by atoms with E-state index in [-0.39, 0.29) is 0 Å². The van der Waals surface area contributed by atoms with E-state index in [4.69, 9.17) is 11.6 Å². The Labute approximate surface area is 173 Å². The molecule has 1 amide bonds. The topological polar surface area (TPSA) is 50.6 Å². The Hall–Kier alpha value is -3.37. The van der Waals surface area contributed by atoms with E-state index in [1.165, 1.54) is 0 Å². The molecule has 2 aromatic carbocycles. The number of para-hydroxylation sites is 1. The van der Waals surface area contributed by atoms with Crippen molar-refractivity contribution in [2.24, 2.45) is 0 Å². The quantitative estimate of drug-likeness (QED) is 0.351. The van der Waals surface area contributed by atoms with Gasteiger partial charge < -0.3 is 9.72 Å². The summed E-state index contributed by atoms with van der Waals surface area (Å²) in [5, 5.41) is 3.41. The molecule has 0 spiro atoms. The molecule has 0 aliphatic rings. The summed E-state index contributed by atoms with van der Waals surface area (Å²) in [6.45, 7) is 3.80. The van der Waals surface area contributed by atoms with Crippen LogP contribution < -0.4 is 5.32 Å². The molecule has 2 aromatic heterocycles. The summed E-state index contributed by atoms with van der Waals surface area (Å²) in [6, 6.07) is 20.5. The first-order chi connectivity index (χ1) is 14.0. The highest BCUT2D eigenvalue weighted by Gasteiger charge is 2.25. The molecule has 29 heavy (non-hydrogen) atoms. The molecule has 0 saturated carbocycles.